The molecule has 2 rings (SSSR count). The van der Waals surface area contributed by atoms with Gasteiger partial charge in [-0.3, -0.25) is 0 Å². The van der Waals surface area contributed by atoms with Gasteiger partial charge in [-0.05, 0) is 45.8 Å². The number of ether oxygens (including phenoxy) is 2. The number of methoxy groups -OCH3 is 1. The number of hydrogen-bond donors (Lipinski definition) is 1. The lowest BCUT2D eigenvalue weighted by Crippen LogP contribution is -2.14. The maximum absolute atomic E-state index is 13.5. The summed E-state index contributed by atoms with van der Waals surface area (Å²) in [5.74, 6) is -0.521. The number of rotatable bonds is 5. The third-order valence-electron chi connectivity index (χ3n) is 3.29. The van der Waals surface area contributed by atoms with Crippen molar-refractivity contribution in [2.45, 2.75) is 12.8 Å². The molecule has 0 aliphatic heterocycles. The molecule has 2 N–H and O–H groups in total. The normalized spacial score (nSPS) is 11.8. The number of nitrogens with zero attached hydrogens (tertiary/aromatic N) is 1. The van der Waals surface area contributed by atoms with E-state index >= 15 is 0 Å². The van der Waals surface area contributed by atoms with Crippen LogP contribution in [-0.4, -0.2) is 24.7 Å². The molecule has 0 saturated heterocycles. The SMILES string of the molecule is COC(=O)c1ccc(F)cc1[C@@H](C)COc1cc(Br)cnc1N. The van der Waals surface area contributed by atoms with Gasteiger partial charge in [0.2, 0.25) is 0 Å². The van der Waals surface area contributed by atoms with Crippen molar-refractivity contribution >= 4 is 27.7 Å². The smallest absolute Gasteiger partial charge is 0.338 e. The molecule has 0 amide bonds. The first-order valence-corrected chi connectivity index (χ1v) is 7.63. The fourth-order valence-electron chi connectivity index (χ4n) is 2.09. The van der Waals surface area contributed by atoms with Gasteiger partial charge in [0.25, 0.3) is 0 Å². The van der Waals surface area contributed by atoms with E-state index in [4.69, 9.17) is 15.2 Å². The first-order valence-electron chi connectivity index (χ1n) is 6.84. The van der Waals surface area contributed by atoms with Gasteiger partial charge in [-0.2, -0.15) is 0 Å². The molecule has 0 fully saturated rings. The van der Waals surface area contributed by atoms with E-state index in [1.807, 2.05) is 6.92 Å². The molecular formula is C16H16BrFN2O3. The summed E-state index contributed by atoms with van der Waals surface area (Å²) in [7, 11) is 1.28. The highest BCUT2D eigenvalue weighted by Crippen LogP contribution is 2.27. The Labute approximate surface area is 141 Å². The van der Waals surface area contributed by atoms with Crippen molar-refractivity contribution in [1.82, 2.24) is 4.98 Å². The zero-order valence-electron chi connectivity index (χ0n) is 12.7. The standard InChI is InChI=1S/C16H16BrFN2O3/c1-9(8-23-14-5-10(17)7-20-15(14)19)13-6-11(18)3-4-12(13)16(21)22-2/h3-7,9H,8H2,1-2H3,(H2,19,20)/t9-/m0/s1. The Bertz CT molecular complexity index is 724. The van der Waals surface area contributed by atoms with E-state index in [1.165, 1.54) is 25.3 Å². The molecule has 0 saturated carbocycles. The third kappa shape index (κ3) is 4.19. The van der Waals surface area contributed by atoms with E-state index in [-0.39, 0.29) is 18.3 Å². The Balaban J connectivity index is 2.20. The van der Waals surface area contributed by atoms with Crippen LogP contribution >= 0.6 is 15.9 Å². The number of carbonyl (C=O) groups excluding carboxylic acids is 1. The first-order chi connectivity index (χ1) is 10.9. The predicted octanol–water partition coefficient (Wildman–Crippen LogP) is 3.53. The minimum absolute atomic E-state index is 0.204. The molecule has 0 spiro atoms. The van der Waals surface area contributed by atoms with Crippen molar-refractivity contribution in [2.24, 2.45) is 0 Å². The second-order valence-electron chi connectivity index (χ2n) is 4.97. The second-order valence-corrected chi connectivity index (χ2v) is 5.89. The fourth-order valence-corrected chi connectivity index (χ4v) is 2.40. The van der Waals surface area contributed by atoms with Crippen molar-refractivity contribution in [2.75, 3.05) is 19.5 Å². The Hall–Kier alpha value is -2.15. The fraction of sp³-hybridized carbons (Fsp3) is 0.250. The number of benzene rings is 1. The lowest BCUT2D eigenvalue weighted by atomic mass is 9.96. The lowest BCUT2D eigenvalue weighted by molar-refractivity contribution is 0.0598. The van der Waals surface area contributed by atoms with E-state index in [2.05, 4.69) is 20.9 Å². The number of nitrogens with two attached hydrogens (primary N) is 1. The number of hydrogen-bond acceptors (Lipinski definition) is 5. The molecule has 1 heterocycles. The van der Waals surface area contributed by atoms with Crippen LogP contribution in [-0.2, 0) is 4.74 Å². The lowest BCUT2D eigenvalue weighted by Gasteiger charge is -2.17. The summed E-state index contributed by atoms with van der Waals surface area (Å²) in [6.45, 7) is 2.03. The van der Waals surface area contributed by atoms with Crippen molar-refractivity contribution in [3.05, 3.63) is 51.9 Å². The average Bonchev–Trinajstić information content (AvgIpc) is 2.54. The van der Waals surface area contributed by atoms with Crippen LogP contribution in [0.4, 0.5) is 10.2 Å². The zero-order chi connectivity index (χ0) is 17.0. The van der Waals surface area contributed by atoms with Crippen LogP contribution in [0, 0.1) is 5.82 Å². The topological polar surface area (TPSA) is 74.4 Å². The highest BCUT2D eigenvalue weighted by molar-refractivity contribution is 9.10. The summed E-state index contributed by atoms with van der Waals surface area (Å²) in [5.41, 5.74) is 6.57. The number of carbonyl (C=O) groups is 1. The summed E-state index contributed by atoms with van der Waals surface area (Å²) >= 11 is 3.29. The van der Waals surface area contributed by atoms with Crippen molar-refractivity contribution in [3.63, 3.8) is 0 Å². The number of pyridine rings is 1. The average molecular weight is 383 g/mol. The Morgan fingerprint density at radius 1 is 1.43 bits per heavy atom. The first kappa shape index (κ1) is 17.2. The molecule has 0 unspecified atom stereocenters. The van der Waals surface area contributed by atoms with Gasteiger partial charge in [0.15, 0.2) is 11.6 Å². The summed E-state index contributed by atoms with van der Waals surface area (Å²) in [6.07, 6.45) is 1.56. The summed E-state index contributed by atoms with van der Waals surface area (Å²) < 4.78 is 24.6. The van der Waals surface area contributed by atoms with Gasteiger partial charge in [-0.15, -0.1) is 0 Å². The van der Waals surface area contributed by atoms with Crippen LogP contribution in [0.1, 0.15) is 28.8 Å². The van der Waals surface area contributed by atoms with E-state index in [9.17, 15) is 9.18 Å². The molecule has 23 heavy (non-hydrogen) atoms. The summed E-state index contributed by atoms with van der Waals surface area (Å²) in [5, 5.41) is 0. The van der Waals surface area contributed by atoms with Gasteiger partial charge in [-0.25, -0.2) is 14.2 Å². The minimum atomic E-state index is -0.518. The number of anilines is 1. The van der Waals surface area contributed by atoms with E-state index in [0.717, 1.165) is 4.47 Å². The number of esters is 1. The van der Waals surface area contributed by atoms with Crippen molar-refractivity contribution in [3.8, 4) is 5.75 Å². The molecule has 122 valence electrons. The van der Waals surface area contributed by atoms with Crippen LogP contribution in [0.5, 0.6) is 5.75 Å². The molecule has 1 atom stereocenters. The van der Waals surface area contributed by atoms with Crippen LogP contribution in [0.3, 0.4) is 0 Å². The molecule has 5 nitrogen and oxygen atoms in total. The zero-order valence-corrected chi connectivity index (χ0v) is 14.3. The maximum atomic E-state index is 13.5. The summed E-state index contributed by atoms with van der Waals surface area (Å²) in [6, 6.07) is 5.63. The Morgan fingerprint density at radius 3 is 2.87 bits per heavy atom. The second kappa shape index (κ2) is 7.41. The van der Waals surface area contributed by atoms with Crippen molar-refractivity contribution < 1.29 is 18.7 Å². The molecule has 0 aliphatic rings. The van der Waals surface area contributed by atoms with Gasteiger partial charge in [0, 0.05) is 16.6 Å². The van der Waals surface area contributed by atoms with Crippen LogP contribution < -0.4 is 10.5 Å². The number of halogens is 2. The van der Waals surface area contributed by atoms with Crippen LogP contribution in [0.15, 0.2) is 34.9 Å². The Morgan fingerprint density at radius 2 is 2.17 bits per heavy atom. The highest BCUT2D eigenvalue weighted by Gasteiger charge is 2.18. The molecule has 2 aromatic rings. The monoisotopic (exact) mass is 382 g/mol. The number of nitrogen functional groups attached to an aromatic ring is 1. The minimum Gasteiger partial charge on any atom is -0.489 e. The molecule has 1 aromatic carbocycles. The van der Waals surface area contributed by atoms with Gasteiger partial charge < -0.3 is 15.2 Å². The highest BCUT2D eigenvalue weighted by atomic mass is 79.9. The molecule has 0 bridgehead atoms. The molecular weight excluding hydrogens is 367 g/mol. The van der Waals surface area contributed by atoms with Gasteiger partial charge in [-0.1, -0.05) is 6.92 Å². The Kier molecular flexibility index (Phi) is 5.54. The largest absolute Gasteiger partial charge is 0.489 e. The van der Waals surface area contributed by atoms with E-state index < -0.39 is 11.8 Å². The van der Waals surface area contributed by atoms with E-state index in [0.29, 0.717) is 16.9 Å². The quantitative estimate of drug-likeness (QED) is 0.800. The molecule has 7 heteroatoms. The predicted molar refractivity (Wildman–Crippen MR) is 88.0 cm³/mol. The number of aromatic nitrogens is 1. The van der Waals surface area contributed by atoms with Gasteiger partial charge in [0.05, 0.1) is 19.3 Å². The molecule has 0 radical (unpaired) electrons. The van der Waals surface area contributed by atoms with Crippen LogP contribution in [0.2, 0.25) is 0 Å². The molecule has 0 aliphatic carbocycles. The van der Waals surface area contributed by atoms with Crippen LogP contribution in [0.25, 0.3) is 0 Å². The maximum Gasteiger partial charge on any atom is 0.338 e. The summed E-state index contributed by atoms with van der Waals surface area (Å²) in [4.78, 5) is 15.8. The van der Waals surface area contributed by atoms with Gasteiger partial charge in [0.1, 0.15) is 5.82 Å². The molecule has 1 aromatic heterocycles. The van der Waals surface area contributed by atoms with E-state index in [1.54, 1.807) is 12.3 Å². The van der Waals surface area contributed by atoms with Crippen molar-refractivity contribution in [1.29, 1.82) is 0 Å². The van der Waals surface area contributed by atoms with Gasteiger partial charge >= 0.3 is 5.97 Å². The third-order valence-corrected chi connectivity index (χ3v) is 3.72.